The van der Waals surface area contributed by atoms with E-state index in [0.29, 0.717) is 0 Å². The van der Waals surface area contributed by atoms with Gasteiger partial charge in [0.1, 0.15) is 5.69 Å². The number of hydrogen-bond acceptors (Lipinski definition) is 3. The number of nitrogens with two attached hydrogens (primary N) is 1. The molecule has 2 aromatic rings. The number of aromatic nitrogens is 2. The Kier molecular flexibility index (Phi) is 3.20. The number of benzene rings is 1. The second kappa shape index (κ2) is 4.68. The molecular formula is C12H8F3N3O. The number of rotatable bonds is 2. The fourth-order valence-corrected chi connectivity index (χ4v) is 1.65. The van der Waals surface area contributed by atoms with Crippen molar-refractivity contribution >= 4 is 5.91 Å². The monoisotopic (exact) mass is 267 g/mol. The van der Waals surface area contributed by atoms with Crippen LogP contribution in [0, 0.1) is 0 Å². The molecule has 0 saturated carbocycles. The normalized spacial score (nSPS) is 11.3. The quantitative estimate of drug-likeness (QED) is 0.907. The lowest BCUT2D eigenvalue weighted by atomic mass is 10.0. The molecule has 0 aliphatic carbocycles. The van der Waals surface area contributed by atoms with E-state index in [-0.39, 0.29) is 11.1 Å². The Morgan fingerprint density at radius 2 is 1.74 bits per heavy atom. The predicted molar refractivity (Wildman–Crippen MR) is 61.0 cm³/mol. The van der Waals surface area contributed by atoms with Crippen LogP contribution >= 0.6 is 0 Å². The average Bonchev–Trinajstić information content (AvgIpc) is 2.37. The van der Waals surface area contributed by atoms with E-state index in [1.807, 2.05) is 0 Å². The smallest absolute Gasteiger partial charge is 0.366 e. The Bertz CT molecular complexity index is 626. The van der Waals surface area contributed by atoms with Crippen molar-refractivity contribution < 1.29 is 18.0 Å². The lowest BCUT2D eigenvalue weighted by Gasteiger charge is -2.12. The highest BCUT2D eigenvalue weighted by atomic mass is 19.4. The molecule has 0 radical (unpaired) electrons. The van der Waals surface area contributed by atoms with Gasteiger partial charge >= 0.3 is 6.18 Å². The van der Waals surface area contributed by atoms with Crippen molar-refractivity contribution in [3.8, 4) is 11.3 Å². The number of hydrogen-bond donors (Lipinski definition) is 1. The maximum Gasteiger partial charge on any atom is 0.435 e. The number of alkyl halides is 3. The van der Waals surface area contributed by atoms with E-state index in [9.17, 15) is 18.0 Å². The zero-order valence-electron chi connectivity index (χ0n) is 9.48. The first-order valence-electron chi connectivity index (χ1n) is 5.18. The molecule has 0 spiro atoms. The Morgan fingerprint density at radius 1 is 1.11 bits per heavy atom. The first-order valence-corrected chi connectivity index (χ1v) is 5.18. The second-order valence-corrected chi connectivity index (χ2v) is 3.66. The fourth-order valence-electron chi connectivity index (χ4n) is 1.65. The van der Waals surface area contributed by atoms with Crippen molar-refractivity contribution in [1.82, 2.24) is 9.97 Å². The minimum Gasteiger partial charge on any atom is -0.366 e. The van der Waals surface area contributed by atoms with Crippen LogP contribution < -0.4 is 5.73 Å². The highest BCUT2D eigenvalue weighted by Gasteiger charge is 2.37. The van der Waals surface area contributed by atoms with E-state index in [1.165, 1.54) is 24.3 Å². The summed E-state index contributed by atoms with van der Waals surface area (Å²) in [4.78, 5) is 18.2. The summed E-state index contributed by atoms with van der Waals surface area (Å²) in [6, 6.07) is 5.69. The summed E-state index contributed by atoms with van der Waals surface area (Å²) in [7, 11) is 0. The van der Waals surface area contributed by atoms with E-state index < -0.39 is 23.5 Å². The van der Waals surface area contributed by atoms with Gasteiger partial charge in [0.05, 0.1) is 0 Å². The van der Waals surface area contributed by atoms with Gasteiger partial charge in [0.15, 0.2) is 5.69 Å². The summed E-state index contributed by atoms with van der Waals surface area (Å²) < 4.78 is 38.5. The molecule has 0 aliphatic rings. The molecule has 7 heteroatoms. The number of nitrogens with zero attached hydrogens (tertiary/aromatic N) is 2. The van der Waals surface area contributed by atoms with E-state index in [1.54, 1.807) is 0 Å². The largest absolute Gasteiger partial charge is 0.435 e. The molecule has 1 aromatic carbocycles. The summed E-state index contributed by atoms with van der Waals surface area (Å²) in [5.41, 5.74) is 3.56. The molecule has 0 bridgehead atoms. The van der Waals surface area contributed by atoms with Crippen LogP contribution in [0.3, 0.4) is 0 Å². The fraction of sp³-hybridized carbons (Fsp3) is 0.0833. The van der Waals surface area contributed by atoms with Crippen molar-refractivity contribution in [3.63, 3.8) is 0 Å². The van der Waals surface area contributed by atoms with E-state index in [4.69, 9.17) is 5.73 Å². The van der Waals surface area contributed by atoms with Gasteiger partial charge in [0.2, 0.25) is 5.91 Å². The topological polar surface area (TPSA) is 68.9 Å². The second-order valence-electron chi connectivity index (χ2n) is 3.66. The van der Waals surface area contributed by atoms with Crippen LogP contribution in [0.4, 0.5) is 13.2 Å². The molecule has 1 heterocycles. The molecule has 0 aliphatic heterocycles. The Balaban J connectivity index is 2.70. The summed E-state index contributed by atoms with van der Waals surface area (Å²) in [5, 5.41) is 0. The van der Waals surface area contributed by atoms with E-state index in [2.05, 4.69) is 9.97 Å². The number of amides is 1. The van der Waals surface area contributed by atoms with Crippen molar-refractivity contribution in [3.05, 3.63) is 47.9 Å². The summed E-state index contributed by atoms with van der Waals surface area (Å²) >= 11 is 0. The molecule has 0 saturated heterocycles. The molecule has 98 valence electrons. The summed E-state index contributed by atoms with van der Waals surface area (Å²) in [6.45, 7) is 0. The van der Waals surface area contributed by atoms with Gasteiger partial charge in [-0.1, -0.05) is 18.2 Å². The molecule has 1 amide bonds. The first kappa shape index (κ1) is 13.0. The summed E-state index contributed by atoms with van der Waals surface area (Å²) in [6.07, 6.45) is -2.59. The molecule has 2 rings (SSSR count). The molecule has 4 nitrogen and oxygen atoms in total. The third kappa shape index (κ3) is 2.54. The Morgan fingerprint density at radius 3 is 2.37 bits per heavy atom. The van der Waals surface area contributed by atoms with Gasteiger partial charge in [-0.2, -0.15) is 13.2 Å². The maximum absolute atomic E-state index is 12.8. The summed E-state index contributed by atoms with van der Waals surface area (Å²) in [5.74, 6) is -0.825. The average molecular weight is 267 g/mol. The molecule has 0 unspecified atom stereocenters. The molecule has 0 fully saturated rings. The lowest BCUT2D eigenvalue weighted by Crippen LogP contribution is -2.15. The number of primary amides is 1. The molecule has 2 N–H and O–H groups in total. The van der Waals surface area contributed by atoms with Crippen molar-refractivity contribution in [2.75, 3.05) is 0 Å². The number of carbonyl (C=O) groups is 1. The lowest BCUT2D eigenvalue weighted by molar-refractivity contribution is -0.140. The van der Waals surface area contributed by atoms with Gasteiger partial charge in [0.25, 0.3) is 0 Å². The van der Waals surface area contributed by atoms with Crippen molar-refractivity contribution in [1.29, 1.82) is 0 Å². The van der Waals surface area contributed by atoms with Gasteiger partial charge < -0.3 is 5.73 Å². The molecule has 1 aromatic heterocycles. The molecule has 19 heavy (non-hydrogen) atoms. The van der Waals surface area contributed by atoms with Crippen LogP contribution in [0.25, 0.3) is 11.3 Å². The first-order chi connectivity index (χ1) is 8.91. The van der Waals surface area contributed by atoms with Gasteiger partial charge in [-0.05, 0) is 6.07 Å². The van der Waals surface area contributed by atoms with Crippen LogP contribution in [0.5, 0.6) is 0 Å². The number of carbonyl (C=O) groups excluding carboxylic acids is 1. The zero-order chi connectivity index (χ0) is 14.0. The molecular weight excluding hydrogens is 259 g/mol. The SMILES string of the molecule is NC(=O)c1ccccc1-c1nccnc1C(F)(F)F. The molecule has 0 atom stereocenters. The standard InChI is InChI=1S/C12H8F3N3O/c13-12(14,15)10-9(17-5-6-18-10)7-3-1-2-4-8(7)11(16)19/h1-6H,(H2,16,19). The predicted octanol–water partition coefficient (Wildman–Crippen LogP) is 2.26. The Hall–Kier alpha value is -2.44. The Labute approximate surface area is 106 Å². The van der Waals surface area contributed by atoms with Gasteiger partial charge in [-0.25, -0.2) is 4.98 Å². The third-order valence-corrected chi connectivity index (χ3v) is 2.41. The minimum atomic E-state index is -4.66. The minimum absolute atomic E-state index is 0.00965. The van der Waals surface area contributed by atoms with Gasteiger partial charge in [-0.15, -0.1) is 0 Å². The van der Waals surface area contributed by atoms with Crippen LogP contribution in [0.1, 0.15) is 16.1 Å². The number of halogens is 3. The van der Waals surface area contributed by atoms with Crippen molar-refractivity contribution in [2.24, 2.45) is 5.73 Å². The van der Waals surface area contributed by atoms with Crippen LogP contribution in [0.15, 0.2) is 36.7 Å². The third-order valence-electron chi connectivity index (χ3n) is 2.41. The van der Waals surface area contributed by atoms with E-state index >= 15 is 0 Å². The highest BCUT2D eigenvalue weighted by molar-refractivity contribution is 5.99. The van der Waals surface area contributed by atoms with E-state index in [0.717, 1.165) is 12.4 Å². The van der Waals surface area contributed by atoms with Crippen LogP contribution in [-0.4, -0.2) is 15.9 Å². The van der Waals surface area contributed by atoms with Gasteiger partial charge in [-0.3, -0.25) is 9.78 Å². The van der Waals surface area contributed by atoms with Gasteiger partial charge in [0, 0.05) is 23.5 Å². The van der Waals surface area contributed by atoms with Crippen molar-refractivity contribution in [2.45, 2.75) is 6.18 Å². The maximum atomic E-state index is 12.8. The highest BCUT2D eigenvalue weighted by Crippen LogP contribution is 2.35. The zero-order valence-corrected chi connectivity index (χ0v) is 9.48. The van der Waals surface area contributed by atoms with Crippen LogP contribution in [-0.2, 0) is 6.18 Å². The van der Waals surface area contributed by atoms with Crippen LogP contribution in [0.2, 0.25) is 0 Å².